The molecule has 0 aliphatic rings. The van der Waals surface area contributed by atoms with Gasteiger partial charge in [0.2, 0.25) is 18.1 Å². The summed E-state index contributed by atoms with van der Waals surface area (Å²) in [6.45, 7) is 3.66. The highest BCUT2D eigenvalue weighted by Gasteiger charge is 2.22. The average Bonchev–Trinajstić information content (AvgIpc) is 3.29. The molecule has 0 saturated heterocycles. The predicted molar refractivity (Wildman–Crippen MR) is 97.2 cm³/mol. The number of nitrogens with zero attached hydrogens (tertiary/aromatic N) is 2. The largest absolute Gasteiger partial charge is 0.483 e. The van der Waals surface area contributed by atoms with Gasteiger partial charge in [-0.1, -0.05) is 18.2 Å². The molecule has 1 N–H and O–H groups in total. The van der Waals surface area contributed by atoms with Gasteiger partial charge in [-0.3, -0.25) is 4.79 Å². The summed E-state index contributed by atoms with van der Waals surface area (Å²) in [5.41, 5.74) is 3.26. The molecule has 4 aromatic rings. The van der Waals surface area contributed by atoms with Crippen molar-refractivity contribution >= 4 is 16.7 Å². The van der Waals surface area contributed by atoms with Crippen molar-refractivity contribution in [1.82, 2.24) is 15.2 Å². The molecule has 26 heavy (non-hydrogen) atoms. The second-order valence-corrected chi connectivity index (χ2v) is 6.06. The zero-order valence-corrected chi connectivity index (χ0v) is 14.4. The van der Waals surface area contributed by atoms with Crippen LogP contribution in [0.3, 0.4) is 0 Å². The summed E-state index contributed by atoms with van der Waals surface area (Å²) in [6.07, 6.45) is 0.673. The van der Waals surface area contributed by atoms with Gasteiger partial charge in [0.05, 0.1) is 0 Å². The summed E-state index contributed by atoms with van der Waals surface area (Å²) in [4.78, 5) is 16.2. The van der Waals surface area contributed by atoms with Crippen LogP contribution in [-0.4, -0.2) is 27.1 Å². The highest BCUT2D eigenvalue weighted by molar-refractivity contribution is 6.11. The molecular weight excluding hydrogens is 330 g/mol. The molecule has 6 nitrogen and oxygen atoms in total. The average molecular weight is 347 g/mol. The number of rotatable bonds is 5. The fourth-order valence-electron chi connectivity index (χ4n) is 3.03. The van der Waals surface area contributed by atoms with Crippen molar-refractivity contribution in [3.63, 3.8) is 0 Å². The normalized spacial score (nSPS) is 12.2. The Kier molecular flexibility index (Phi) is 4.01. The Balaban J connectivity index is 1.55. The Labute approximate surface area is 149 Å². The number of carbonyl (C=O) groups is 1. The maximum absolute atomic E-state index is 12.9. The lowest BCUT2D eigenvalue weighted by molar-refractivity contribution is 0.0819. The van der Waals surface area contributed by atoms with Gasteiger partial charge < -0.3 is 14.1 Å². The number of aryl methyl sites for hydroxylation is 1. The fraction of sp³-hybridized carbons (Fsp3) is 0.150. The molecular formula is C20H17N3O3. The van der Waals surface area contributed by atoms with Crippen molar-refractivity contribution in [3.05, 3.63) is 66.2 Å². The molecule has 4 rings (SSSR count). The first-order chi connectivity index (χ1) is 12.6. The molecule has 0 bridgehead atoms. The molecule has 0 spiro atoms. The molecule has 2 heterocycles. The van der Waals surface area contributed by atoms with Gasteiger partial charge in [-0.25, -0.2) is 0 Å². The number of nitrogens with one attached hydrogen (secondary N) is 1. The number of ether oxygens (including phenoxy) is 1. The molecule has 0 saturated carbocycles. The fourth-order valence-corrected chi connectivity index (χ4v) is 3.03. The second kappa shape index (κ2) is 6.48. The van der Waals surface area contributed by atoms with Crippen molar-refractivity contribution in [2.24, 2.45) is 0 Å². The van der Waals surface area contributed by atoms with E-state index in [-0.39, 0.29) is 5.78 Å². The third-order valence-electron chi connectivity index (χ3n) is 4.28. The Morgan fingerprint density at radius 2 is 1.92 bits per heavy atom. The van der Waals surface area contributed by atoms with Gasteiger partial charge in [-0.2, -0.15) is 0 Å². The summed E-state index contributed by atoms with van der Waals surface area (Å²) in [5, 5.41) is 8.44. The molecule has 0 radical (unpaired) electrons. The first kappa shape index (κ1) is 16.1. The molecule has 0 unspecified atom stereocenters. The lowest BCUT2D eigenvalue weighted by Crippen LogP contribution is -2.24. The number of Topliss-reactive ketones (excluding diaryl/α,β-unsaturated/α-hetero) is 1. The molecule has 0 fully saturated rings. The number of hydrogen-bond donors (Lipinski definition) is 1. The molecule has 0 amide bonds. The number of aromatic nitrogens is 3. The number of aromatic amines is 1. The van der Waals surface area contributed by atoms with Crippen LogP contribution in [0.1, 0.15) is 23.0 Å². The zero-order valence-electron chi connectivity index (χ0n) is 14.4. The third kappa shape index (κ3) is 2.86. The Bertz CT molecular complexity index is 1050. The number of ketones is 1. The molecule has 130 valence electrons. The molecule has 0 aliphatic carbocycles. The van der Waals surface area contributed by atoms with E-state index in [0.29, 0.717) is 17.2 Å². The van der Waals surface area contributed by atoms with E-state index in [2.05, 4.69) is 15.2 Å². The van der Waals surface area contributed by atoms with Crippen LogP contribution in [-0.2, 0) is 0 Å². The zero-order chi connectivity index (χ0) is 18.1. The molecule has 1 atom stereocenters. The van der Waals surface area contributed by atoms with Crippen molar-refractivity contribution in [2.45, 2.75) is 20.0 Å². The first-order valence-electron chi connectivity index (χ1n) is 8.28. The number of H-pyrrole nitrogens is 1. The van der Waals surface area contributed by atoms with E-state index < -0.39 is 6.10 Å². The van der Waals surface area contributed by atoms with E-state index in [1.54, 1.807) is 19.1 Å². The summed E-state index contributed by atoms with van der Waals surface area (Å²) >= 11 is 0. The molecule has 2 aromatic carbocycles. The van der Waals surface area contributed by atoms with Crippen LogP contribution in [0.2, 0.25) is 0 Å². The highest BCUT2D eigenvalue weighted by atomic mass is 16.5. The SMILES string of the molecule is Cc1[nH]c2ccccc2c1C(=O)[C@H](C)Oc1ccc(-c2nnco2)cc1. The van der Waals surface area contributed by atoms with Gasteiger partial charge in [0.1, 0.15) is 5.75 Å². The number of para-hydroxylation sites is 1. The van der Waals surface area contributed by atoms with E-state index in [4.69, 9.17) is 9.15 Å². The van der Waals surface area contributed by atoms with Crippen LogP contribution in [0.15, 0.2) is 59.3 Å². The molecule has 2 aromatic heterocycles. The minimum Gasteiger partial charge on any atom is -0.483 e. The molecule has 6 heteroatoms. The van der Waals surface area contributed by atoms with Crippen molar-refractivity contribution in [2.75, 3.05) is 0 Å². The van der Waals surface area contributed by atoms with Crippen LogP contribution in [0.5, 0.6) is 5.75 Å². The van der Waals surface area contributed by atoms with E-state index in [9.17, 15) is 4.79 Å². The Morgan fingerprint density at radius 1 is 1.15 bits per heavy atom. The summed E-state index contributed by atoms with van der Waals surface area (Å²) in [5.74, 6) is 0.989. The third-order valence-corrected chi connectivity index (χ3v) is 4.28. The van der Waals surface area contributed by atoms with E-state index in [1.165, 1.54) is 6.39 Å². The number of benzene rings is 2. The van der Waals surface area contributed by atoms with Crippen LogP contribution < -0.4 is 4.74 Å². The second-order valence-electron chi connectivity index (χ2n) is 6.06. The van der Waals surface area contributed by atoms with Gasteiger partial charge in [0, 0.05) is 27.7 Å². The standard InChI is InChI=1S/C20H17N3O3/c1-12-18(16-5-3-4-6-17(16)22-12)19(24)13(2)26-15-9-7-14(8-10-15)20-23-21-11-25-20/h3-11,13,22H,1-2H3/t13-/m0/s1. The van der Waals surface area contributed by atoms with Crippen LogP contribution in [0, 0.1) is 6.92 Å². The maximum atomic E-state index is 12.9. The van der Waals surface area contributed by atoms with Gasteiger partial charge in [-0.15, -0.1) is 10.2 Å². The topological polar surface area (TPSA) is 81.0 Å². The van der Waals surface area contributed by atoms with Crippen molar-refractivity contribution < 1.29 is 13.9 Å². The number of carbonyl (C=O) groups excluding carboxylic acids is 1. The summed E-state index contributed by atoms with van der Waals surface area (Å²) in [6, 6.07) is 15.0. The van der Waals surface area contributed by atoms with Crippen LogP contribution in [0.25, 0.3) is 22.4 Å². The smallest absolute Gasteiger partial charge is 0.247 e. The minimum absolute atomic E-state index is 0.0547. The van der Waals surface area contributed by atoms with E-state index >= 15 is 0 Å². The quantitative estimate of drug-likeness (QED) is 0.548. The lowest BCUT2D eigenvalue weighted by Gasteiger charge is -2.14. The Hall–Kier alpha value is -3.41. The number of hydrogen-bond acceptors (Lipinski definition) is 5. The maximum Gasteiger partial charge on any atom is 0.247 e. The number of fused-ring (bicyclic) bond motifs is 1. The minimum atomic E-state index is -0.609. The van der Waals surface area contributed by atoms with E-state index in [1.807, 2.05) is 43.3 Å². The summed E-state index contributed by atoms with van der Waals surface area (Å²) < 4.78 is 11.0. The van der Waals surface area contributed by atoms with Gasteiger partial charge in [0.15, 0.2) is 6.10 Å². The van der Waals surface area contributed by atoms with Gasteiger partial charge in [-0.05, 0) is 44.2 Å². The monoisotopic (exact) mass is 347 g/mol. The van der Waals surface area contributed by atoms with Crippen molar-refractivity contribution in [3.8, 4) is 17.2 Å². The lowest BCUT2D eigenvalue weighted by atomic mass is 10.0. The van der Waals surface area contributed by atoms with Crippen LogP contribution in [0.4, 0.5) is 0 Å². The summed E-state index contributed by atoms with van der Waals surface area (Å²) in [7, 11) is 0. The van der Waals surface area contributed by atoms with Gasteiger partial charge >= 0.3 is 0 Å². The van der Waals surface area contributed by atoms with Gasteiger partial charge in [0.25, 0.3) is 0 Å². The highest BCUT2D eigenvalue weighted by Crippen LogP contribution is 2.25. The molecule has 0 aliphatic heterocycles. The van der Waals surface area contributed by atoms with Crippen LogP contribution >= 0.6 is 0 Å². The predicted octanol–water partition coefficient (Wildman–Crippen LogP) is 4.18. The van der Waals surface area contributed by atoms with E-state index in [0.717, 1.165) is 22.2 Å². The Morgan fingerprint density at radius 3 is 2.65 bits per heavy atom. The van der Waals surface area contributed by atoms with Crippen molar-refractivity contribution in [1.29, 1.82) is 0 Å². The first-order valence-corrected chi connectivity index (χ1v) is 8.28.